The van der Waals surface area contributed by atoms with Crippen molar-refractivity contribution in [2.24, 2.45) is 0 Å². The van der Waals surface area contributed by atoms with Gasteiger partial charge in [0.05, 0.1) is 16.3 Å². The van der Waals surface area contributed by atoms with E-state index in [4.69, 9.17) is 0 Å². The Balaban J connectivity index is 2.03. The van der Waals surface area contributed by atoms with Crippen LogP contribution in [0.15, 0.2) is 29.0 Å². The van der Waals surface area contributed by atoms with Gasteiger partial charge in [-0.05, 0) is 31.4 Å². The van der Waals surface area contributed by atoms with Crippen LogP contribution in [0.25, 0.3) is 15.7 Å². The van der Waals surface area contributed by atoms with E-state index in [1.807, 2.05) is 24.6 Å². The van der Waals surface area contributed by atoms with Gasteiger partial charge in [-0.2, -0.15) is 5.10 Å². The molecule has 3 aromatic heterocycles. The number of aryl methyl sites for hydroxylation is 2. The van der Waals surface area contributed by atoms with Gasteiger partial charge in [-0.3, -0.25) is 0 Å². The second-order valence-corrected chi connectivity index (χ2v) is 5.62. The minimum Gasteiger partial charge on any atom is -0.217 e. The third kappa shape index (κ3) is 1.92. The zero-order valence-electron chi connectivity index (χ0n) is 9.54. The second kappa shape index (κ2) is 4.09. The number of aromatic nitrogens is 3. The van der Waals surface area contributed by atoms with Crippen LogP contribution >= 0.6 is 22.7 Å². The first-order valence-electron chi connectivity index (χ1n) is 5.27. The molecule has 5 heteroatoms. The number of hydrogen-bond donors (Lipinski definition) is 0. The van der Waals surface area contributed by atoms with Gasteiger partial charge in [0.1, 0.15) is 0 Å². The lowest BCUT2D eigenvalue weighted by molar-refractivity contribution is 0.826. The van der Waals surface area contributed by atoms with Crippen LogP contribution in [0.5, 0.6) is 0 Å². The fourth-order valence-corrected chi connectivity index (χ4v) is 3.31. The summed E-state index contributed by atoms with van der Waals surface area (Å²) < 4.78 is 1.90. The van der Waals surface area contributed by atoms with Crippen LogP contribution in [-0.4, -0.2) is 14.8 Å². The molecule has 0 spiro atoms. The quantitative estimate of drug-likeness (QED) is 0.704. The molecule has 0 saturated carbocycles. The molecule has 0 unspecified atom stereocenters. The Morgan fingerprint density at radius 2 is 2.12 bits per heavy atom. The minimum absolute atomic E-state index is 0.930. The lowest BCUT2D eigenvalue weighted by atomic mass is 10.4. The van der Waals surface area contributed by atoms with E-state index in [0.29, 0.717) is 0 Å². The molecule has 86 valence electrons. The van der Waals surface area contributed by atoms with Crippen LogP contribution in [0.4, 0.5) is 0 Å². The monoisotopic (exact) mass is 261 g/mol. The summed E-state index contributed by atoms with van der Waals surface area (Å²) in [5, 5.41) is 9.52. The third-order valence-electron chi connectivity index (χ3n) is 2.46. The number of nitrogens with zero attached hydrogens (tertiary/aromatic N) is 3. The van der Waals surface area contributed by atoms with Crippen molar-refractivity contribution >= 4 is 22.7 Å². The molecule has 0 bridgehead atoms. The van der Waals surface area contributed by atoms with Gasteiger partial charge in [0.2, 0.25) is 5.13 Å². The lowest BCUT2D eigenvalue weighted by Crippen LogP contribution is -1.97. The molecule has 0 atom stereocenters. The average molecular weight is 261 g/mol. The Morgan fingerprint density at radius 3 is 2.76 bits per heavy atom. The van der Waals surface area contributed by atoms with Gasteiger partial charge in [-0.1, -0.05) is 6.07 Å². The van der Waals surface area contributed by atoms with Crippen LogP contribution in [0, 0.1) is 13.8 Å². The lowest BCUT2D eigenvalue weighted by Gasteiger charge is -1.97. The molecule has 3 nitrogen and oxygen atoms in total. The maximum atomic E-state index is 4.63. The standard InChI is InChI=1S/C12H11N3S2/c1-8-6-9(2)15(14-8)12-13-10(7-17-12)11-4-3-5-16-11/h3-7H,1-2H3. The molecule has 0 aromatic carbocycles. The molecule has 0 amide bonds. The molecule has 3 aromatic rings. The molecule has 0 N–H and O–H groups in total. The van der Waals surface area contributed by atoms with Crippen molar-refractivity contribution in [1.82, 2.24) is 14.8 Å². The van der Waals surface area contributed by atoms with Crippen molar-refractivity contribution in [3.63, 3.8) is 0 Å². The van der Waals surface area contributed by atoms with Gasteiger partial charge in [-0.25, -0.2) is 9.67 Å². The maximum absolute atomic E-state index is 4.63. The smallest absolute Gasteiger partial charge is 0.211 e. The minimum atomic E-state index is 0.930. The normalized spacial score (nSPS) is 10.9. The molecule has 17 heavy (non-hydrogen) atoms. The van der Waals surface area contributed by atoms with E-state index in [1.165, 1.54) is 4.88 Å². The fraction of sp³-hybridized carbons (Fsp3) is 0.167. The highest BCUT2D eigenvalue weighted by Crippen LogP contribution is 2.27. The first kappa shape index (κ1) is 10.7. The summed E-state index contributed by atoms with van der Waals surface area (Å²) >= 11 is 3.33. The second-order valence-electron chi connectivity index (χ2n) is 3.83. The number of thiophene rings is 1. The van der Waals surface area contributed by atoms with E-state index in [0.717, 1.165) is 22.2 Å². The van der Waals surface area contributed by atoms with Gasteiger partial charge >= 0.3 is 0 Å². The highest BCUT2D eigenvalue weighted by molar-refractivity contribution is 7.15. The predicted molar refractivity (Wildman–Crippen MR) is 72.0 cm³/mol. The molecular formula is C12H11N3S2. The molecule has 0 fully saturated rings. The van der Waals surface area contributed by atoms with Gasteiger partial charge in [0.15, 0.2) is 0 Å². The van der Waals surface area contributed by atoms with Crippen molar-refractivity contribution in [2.45, 2.75) is 13.8 Å². The number of thiazole rings is 1. The average Bonchev–Trinajstić information content (AvgIpc) is 2.97. The van der Waals surface area contributed by atoms with Crippen LogP contribution in [0.1, 0.15) is 11.4 Å². The van der Waals surface area contributed by atoms with E-state index in [-0.39, 0.29) is 0 Å². The Hall–Kier alpha value is -1.46. The molecular weight excluding hydrogens is 250 g/mol. The Bertz CT molecular complexity index is 635. The van der Waals surface area contributed by atoms with Crippen molar-refractivity contribution in [3.05, 3.63) is 40.3 Å². The first-order valence-corrected chi connectivity index (χ1v) is 7.03. The third-order valence-corrected chi connectivity index (χ3v) is 4.17. The summed E-state index contributed by atoms with van der Waals surface area (Å²) in [6.07, 6.45) is 0. The van der Waals surface area contributed by atoms with Crippen LogP contribution in [0.3, 0.4) is 0 Å². The van der Waals surface area contributed by atoms with Gasteiger partial charge < -0.3 is 0 Å². The van der Waals surface area contributed by atoms with E-state index < -0.39 is 0 Å². The molecule has 0 aliphatic heterocycles. The molecule has 0 aliphatic carbocycles. The zero-order valence-corrected chi connectivity index (χ0v) is 11.2. The molecule has 0 aliphatic rings. The van der Waals surface area contributed by atoms with Crippen molar-refractivity contribution in [1.29, 1.82) is 0 Å². The number of hydrogen-bond acceptors (Lipinski definition) is 4. The highest BCUT2D eigenvalue weighted by Gasteiger charge is 2.09. The molecule has 3 heterocycles. The van der Waals surface area contributed by atoms with Gasteiger partial charge in [0.25, 0.3) is 0 Å². The van der Waals surface area contributed by atoms with Gasteiger partial charge in [-0.15, -0.1) is 22.7 Å². The van der Waals surface area contributed by atoms with E-state index in [1.54, 1.807) is 22.7 Å². The van der Waals surface area contributed by atoms with Crippen LogP contribution in [-0.2, 0) is 0 Å². The maximum Gasteiger partial charge on any atom is 0.211 e. The van der Waals surface area contributed by atoms with E-state index in [9.17, 15) is 0 Å². The highest BCUT2D eigenvalue weighted by atomic mass is 32.1. The van der Waals surface area contributed by atoms with Crippen molar-refractivity contribution in [2.75, 3.05) is 0 Å². The van der Waals surface area contributed by atoms with Crippen LogP contribution < -0.4 is 0 Å². The van der Waals surface area contributed by atoms with Crippen LogP contribution in [0.2, 0.25) is 0 Å². The Labute approximate surface area is 107 Å². The van der Waals surface area contributed by atoms with E-state index >= 15 is 0 Å². The molecule has 0 saturated heterocycles. The Kier molecular flexibility index (Phi) is 2.57. The summed E-state index contributed by atoms with van der Waals surface area (Å²) in [4.78, 5) is 5.83. The SMILES string of the molecule is Cc1cc(C)n(-c2nc(-c3cccs3)cs2)n1. The summed E-state index contributed by atoms with van der Waals surface area (Å²) in [6, 6.07) is 6.19. The van der Waals surface area contributed by atoms with Crippen molar-refractivity contribution < 1.29 is 0 Å². The summed E-state index contributed by atoms with van der Waals surface area (Å²) in [7, 11) is 0. The summed E-state index contributed by atoms with van der Waals surface area (Å²) in [5.41, 5.74) is 3.18. The summed E-state index contributed by atoms with van der Waals surface area (Å²) in [6.45, 7) is 4.05. The fourth-order valence-electron chi connectivity index (χ4n) is 1.72. The first-order chi connectivity index (χ1) is 8.24. The topological polar surface area (TPSA) is 30.7 Å². The van der Waals surface area contributed by atoms with E-state index in [2.05, 4.69) is 33.0 Å². The summed E-state index contributed by atoms with van der Waals surface area (Å²) in [5.74, 6) is 0. The Morgan fingerprint density at radius 1 is 1.24 bits per heavy atom. The molecule has 0 radical (unpaired) electrons. The zero-order chi connectivity index (χ0) is 11.8. The number of rotatable bonds is 2. The largest absolute Gasteiger partial charge is 0.217 e. The predicted octanol–water partition coefficient (Wildman–Crippen LogP) is 3.67. The van der Waals surface area contributed by atoms with Gasteiger partial charge in [0, 0.05) is 11.1 Å². The molecule has 3 rings (SSSR count). The van der Waals surface area contributed by atoms with Crippen molar-refractivity contribution in [3.8, 4) is 15.7 Å².